The maximum absolute atomic E-state index is 12.8. The van der Waals surface area contributed by atoms with Gasteiger partial charge in [-0.1, -0.05) is 0 Å². The molecule has 120 valence electrons. The molecule has 0 aromatic rings. The summed E-state index contributed by atoms with van der Waals surface area (Å²) in [5.41, 5.74) is 0. The van der Waals surface area contributed by atoms with Crippen molar-refractivity contribution in [3.05, 3.63) is 0 Å². The molecule has 0 aromatic heterocycles. The Labute approximate surface area is 124 Å². The first kappa shape index (κ1) is 15.2. The summed E-state index contributed by atoms with van der Waals surface area (Å²) in [6, 6.07) is -0.671. The fraction of sp³-hybridized carbons (Fsp3) is 0.917. The Balaban J connectivity index is 1.82. The van der Waals surface area contributed by atoms with Gasteiger partial charge in [0.2, 0.25) is 10.0 Å². The molecule has 3 rings (SSSR count). The highest BCUT2D eigenvalue weighted by atomic mass is 32.2. The summed E-state index contributed by atoms with van der Waals surface area (Å²) in [4.78, 5) is 11.2. The minimum Gasteiger partial charge on any atom is -0.481 e. The molecule has 3 atom stereocenters. The van der Waals surface area contributed by atoms with E-state index < -0.39 is 43.0 Å². The molecule has 3 aliphatic heterocycles. The molecule has 3 unspecified atom stereocenters. The summed E-state index contributed by atoms with van der Waals surface area (Å²) in [5.74, 6) is -1.75. The zero-order valence-corrected chi connectivity index (χ0v) is 13.1. The highest BCUT2D eigenvalue weighted by Gasteiger charge is 2.55. The fourth-order valence-electron chi connectivity index (χ4n) is 3.94. The summed E-state index contributed by atoms with van der Waals surface area (Å²) in [6.07, 6.45) is 1.92. The van der Waals surface area contributed by atoms with Crippen molar-refractivity contribution >= 4 is 25.8 Å². The number of carboxylic acid groups (broad SMARTS) is 1. The molecule has 7 nitrogen and oxygen atoms in total. The normalized spacial score (nSPS) is 36.9. The van der Waals surface area contributed by atoms with Crippen LogP contribution in [-0.2, 0) is 24.7 Å². The lowest BCUT2D eigenvalue weighted by Crippen LogP contribution is -2.45. The van der Waals surface area contributed by atoms with Crippen LogP contribution in [0.5, 0.6) is 0 Å². The lowest BCUT2D eigenvalue weighted by Gasteiger charge is -2.30. The molecule has 0 spiro atoms. The highest BCUT2D eigenvalue weighted by Crippen LogP contribution is 2.45. The molecule has 0 radical (unpaired) electrons. The van der Waals surface area contributed by atoms with E-state index in [1.54, 1.807) is 0 Å². The number of hydrogen-bond acceptors (Lipinski definition) is 5. The molecule has 0 aromatic carbocycles. The maximum Gasteiger partial charge on any atom is 0.308 e. The summed E-state index contributed by atoms with van der Waals surface area (Å²) in [7, 11) is -6.72. The molecular formula is C12H19NO6S2. The zero-order valence-electron chi connectivity index (χ0n) is 11.5. The van der Waals surface area contributed by atoms with Crippen molar-refractivity contribution in [3.63, 3.8) is 0 Å². The van der Waals surface area contributed by atoms with Crippen molar-refractivity contribution in [2.45, 2.75) is 49.4 Å². The van der Waals surface area contributed by atoms with Crippen molar-refractivity contribution in [2.75, 3.05) is 11.5 Å². The predicted octanol–water partition coefficient (Wildman–Crippen LogP) is -0.169. The van der Waals surface area contributed by atoms with Crippen LogP contribution in [0.4, 0.5) is 0 Å². The summed E-state index contributed by atoms with van der Waals surface area (Å²) in [6.45, 7) is 0. The molecule has 2 bridgehead atoms. The van der Waals surface area contributed by atoms with E-state index in [9.17, 15) is 26.7 Å². The van der Waals surface area contributed by atoms with E-state index in [0.29, 0.717) is 19.3 Å². The molecule has 0 aliphatic carbocycles. The lowest BCUT2D eigenvalue weighted by atomic mass is 9.89. The van der Waals surface area contributed by atoms with Crippen LogP contribution < -0.4 is 0 Å². The van der Waals surface area contributed by atoms with Crippen LogP contribution in [0.1, 0.15) is 32.1 Å². The van der Waals surface area contributed by atoms with Crippen LogP contribution in [0.25, 0.3) is 0 Å². The Morgan fingerprint density at radius 3 is 2.24 bits per heavy atom. The van der Waals surface area contributed by atoms with Gasteiger partial charge in [-0.3, -0.25) is 4.79 Å². The quantitative estimate of drug-likeness (QED) is 0.766. The lowest BCUT2D eigenvalue weighted by molar-refractivity contribution is -0.142. The third-order valence-electron chi connectivity index (χ3n) is 5.01. The van der Waals surface area contributed by atoms with Crippen molar-refractivity contribution in [1.29, 1.82) is 0 Å². The van der Waals surface area contributed by atoms with Crippen LogP contribution in [0.3, 0.4) is 0 Å². The number of fused-ring (bicyclic) bond motifs is 2. The molecule has 9 heteroatoms. The van der Waals surface area contributed by atoms with Crippen molar-refractivity contribution < 1.29 is 26.7 Å². The topological polar surface area (TPSA) is 109 Å². The molecule has 3 saturated heterocycles. The standard InChI is InChI=1S/C12H19NO6S2/c14-12(15)10-7-8-1-2-11(10)13(8)21(18,19)9-3-5-20(16,17)6-4-9/h8-11H,1-7H2,(H,14,15). The Kier molecular flexibility index (Phi) is 3.57. The van der Waals surface area contributed by atoms with E-state index in [1.807, 2.05) is 0 Å². The number of carboxylic acids is 1. The number of rotatable bonds is 3. The molecule has 0 amide bonds. The average molecular weight is 337 g/mol. The second-order valence-electron chi connectivity index (χ2n) is 6.20. The van der Waals surface area contributed by atoms with Gasteiger partial charge in [0.1, 0.15) is 9.84 Å². The minimum absolute atomic E-state index is 0.0948. The monoisotopic (exact) mass is 337 g/mol. The molecule has 0 saturated carbocycles. The van der Waals surface area contributed by atoms with Crippen molar-refractivity contribution in [2.24, 2.45) is 5.92 Å². The highest BCUT2D eigenvalue weighted by molar-refractivity contribution is 7.92. The van der Waals surface area contributed by atoms with Gasteiger partial charge in [0, 0.05) is 12.1 Å². The van der Waals surface area contributed by atoms with E-state index in [4.69, 9.17) is 0 Å². The van der Waals surface area contributed by atoms with E-state index in [0.717, 1.165) is 0 Å². The van der Waals surface area contributed by atoms with Gasteiger partial charge >= 0.3 is 5.97 Å². The van der Waals surface area contributed by atoms with Gasteiger partial charge in [0.05, 0.1) is 22.7 Å². The minimum atomic E-state index is -3.61. The van der Waals surface area contributed by atoms with Gasteiger partial charge in [-0.2, -0.15) is 4.31 Å². The molecule has 21 heavy (non-hydrogen) atoms. The zero-order chi connectivity index (χ0) is 15.4. The maximum atomic E-state index is 12.8. The first-order valence-electron chi connectivity index (χ1n) is 7.18. The Morgan fingerprint density at radius 1 is 1.10 bits per heavy atom. The Morgan fingerprint density at radius 2 is 1.71 bits per heavy atom. The van der Waals surface area contributed by atoms with Crippen LogP contribution in [0.15, 0.2) is 0 Å². The average Bonchev–Trinajstić information content (AvgIpc) is 2.96. The predicted molar refractivity (Wildman–Crippen MR) is 75.0 cm³/mol. The number of nitrogens with zero attached hydrogens (tertiary/aromatic N) is 1. The molecular weight excluding hydrogens is 318 g/mol. The van der Waals surface area contributed by atoms with Gasteiger partial charge in [-0.05, 0) is 32.1 Å². The number of hydrogen-bond donors (Lipinski definition) is 1. The van der Waals surface area contributed by atoms with Crippen LogP contribution in [0, 0.1) is 5.92 Å². The van der Waals surface area contributed by atoms with Gasteiger partial charge in [0.25, 0.3) is 0 Å². The van der Waals surface area contributed by atoms with E-state index in [2.05, 4.69) is 0 Å². The number of carbonyl (C=O) groups is 1. The van der Waals surface area contributed by atoms with Gasteiger partial charge in [-0.15, -0.1) is 0 Å². The number of sulfone groups is 1. The van der Waals surface area contributed by atoms with Crippen LogP contribution in [-0.4, -0.2) is 61.1 Å². The largest absolute Gasteiger partial charge is 0.481 e. The number of aliphatic carboxylic acids is 1. The van der Waals surface area contributed by atoms with Crippen molar-refractivity contribution in [1.82, 2.24) is 4.31 Å². The second kappa shape index (κ2) is 4.92. The third-order valence-corrected chi connectivity index (χ3v) is 9.19. The second-order valence-corrected chi connectivity index (χ2v) is 10.6. The van der Waals surface area contributed by atoms with E-state index in [-0.39, 0.29) is 30.4 Å². The SMILES string of the molecule is O=C(O)C1CC2CCC1N2S(=O)(=O)C1CCS(=O)(=O)CC1. The molecule has 3 fully saturated rings. The van der Waals surface area contributed by atoms with Crippen molar-refractivity contribution in [3.8, 4) is 0 Å². The van der Waals surface area contributed by atoms with Gasteiger partial charge < -0.3 is 5.11 Å². The van der Waals surface area contributed by atoms with E-state index >= 15 is 0 Å². The fourth-order valence-corrected chi connectivity index (χ4v) is 8.14. The van der Waals surface area contributed by atoms with Gasteiger partial charge in [-0.25, -0.2) is 16.8 Å². The Bertz CT molecular complexity index is 641. The van der Waals surface area contributed by atoms with E-state index in [1.165, 1.54) is 4.31 Å². The summed E-state index contributed by atoms with van der Waals surface area (Å²) >= 11 is 0. The molecule has 3 heterocycles. The number of sulfonamides is 1. The Hall–Kier alpha value is -0.670. The third kappa shape index (κ3) is 2.49. The van der Waals surface area contributed by atoms with Gasteiger partial charge in [0.15, 0.2) is 0 Å². The van der Waals surface area contributed by atoms with Crippen LogP contribution in [0.2, 0.25) is 0 Å². The molecule has 3 aliphatic rings. The summed E-state index contributed by atoms with van der Waals surface area (Å²) in [5, 5.41) is 8.51. The molecule has 1 N–H and O–H groups in total. The van der Waals surface area contributed by atoms with Crippen LogP contribution >= 0.6 is 0 Å². The first-order valence-corrected chi connectivity index (χ1v) is 10.5. The first-order chi connectivity index (χ1) is 9.72. The summed E-state index contributed by atoms with van der Waals surface area (Å²) < 4.78 is 49.8. The smallest absolute Gasteiger partial charge is 0.308 e.